The Bertz CT molecular complexity index is 1260. The number of H-pyrrole nitrogens is 2. The number of para-hydroxylation sites is 2. The Morgan fingerprint density at radius 2 is 1.44 bits per heavy atom. The predicted octanol–water partition coefficient (Wildman–Crippen LogP) is 7.94. The summed E-state index contributed by atoms with van der Waals surface area (Å²) in [6.45, 7) is 0. The molecule has 2 aromatic carbocycles. The molecule has 0 amide bonds. The molecule has 2 N–H and O–H groups in total. The Morgan fingerprint density at radius 3 is 2.32 bits per heavy atom. The summed E-state index contributed by atoms with van der Waals surface area (Å²) in [7, 11) is 7.39. The van der Waals surface area contributed by atoms with Crippen LogP contribution >= 0.6 is 52.6 Å². The molecule has 2 nitrogen and oxygen atoms in total. The van der Waals surface area contributed by atoms with Crippen molar-refractivity contribution in [1.29, 1.82) is 0 Å². The van der Waals surface area contributed by atoms with E-state index in [0.29, 0.717) is 0 Å². The molecule has 0 unspecified atom stereocenters. The molecule has 0 spiro atoms. The fourth-order valence-electron chi connectivity index (χ4n) is 3.43. The van der Waals surface area contributed by atoms with Gasteiger partial charge in [0.2, 0.25) is 0 Å². The van der Waals surface area contributed by atoms with Crippen LogP contribution in [-0.2, 0) is 0 Å². The highest BCUT2D eigenvalue weighted by atomic mass is 33.7. The molecule has 1 aliphatic rings. The maximum Gasteiger partial charge on any atom is 0.103 e. The van der Waals surface area contributed by atoms with Crippen LogP contribution in [0, 0.1) is 0 Å². The third-order valence-corrected chi connectivity index (χ3v) is 11.8. The van der Waals surface area contributed by atoms with Crippen molar-refractivity contribution < 1.29 is 0 Å². The van der Waals surface area contributed by atoms with Crippen molar-refractivity contribution in [2.24, 2.45) is 0 Å². The first-order valence-electron chi connectivity index (χ1n) is 7.72. The fourth-order valence-corrected chi connectivity index (χ4v) is 10.9. The summed E-state index contributed by atoms with van der Waals surface area (Å²) in [4.78, 5) is 11.3. The third-order valence-electron chi connectivity index (χ3n) is 4.47. The molecule has 0 radical (unpaired) electrons. The lowest BCUT2D eigenvalue weighted by Gasteiger charge is -2.09. The molecule has 0 saturated heterocycles. The molecule has 0 saturated carbocycles. The van der Waals surface area contributed by atoms with Gasteiger partial charge in [-0.1, -0.05) is 36.4 Å². The van der Waals surface area contributed by atoms with Crippen molar-refractivity contribution in [3.8, 4) is 10.4 Å². The van der Waals surface area contributed by atoms with Gasteiger partial charge >= 0.3 is 0 Å². The molecule has 0 bridgehead atoms. The van der Waals surface area contributed by atoms with Crippen LogP contribution in [0.5, 0.6) is 0 Å². The number of nitrogens with one attached hydrogen (secondary N) is 2. The van der Waals surface area contributed by atoms with Crippen LogP contribution in [0.4, 0.5) is 0 Å². The van der Waals surface area contributed by atoms with E-state index in [4.69, 9.17) is 0 Å². The van der Waals surface area contributed by atoms with E-state index >= 15 is 0 Å². The molecule has 0 fully saturated rings. The summed E-state index contributed by atoms with van der Waals surface area (Å²) >= 11 is 1.88. The lowest BCUT2D eigenvalue weighted by Crippen LogP contribution is -1.78. The van der Waals surface area contributed by atoms with Crippen LogP contribution in [0.1, 0.15) is 0 Å². The monoisotopic (exact) mass is 414 g/mol. The second kappa shape index (κ2) is 5.69. The van der Waals surface area contributed by atoms with E-state index in [1.807, 2.05) is 52.6 Å². The SMILES string of the molecule is c1ccc2c3c([nH]c2c1)SSSSc1c-3sc2[nH]c3ccccc3c12. The summed E-state index contributed by atoms with van der Waals surface area (Å²) in [6.07, 6.45) is 0. The highest BCUT2D eigenvalue weighted by Gasteiger charge is 2.25. The van der Waals surface area contributed by atoms with Gasteiger partial charge in [-0.05, 0) is 53.4 Å². The van der Waals surface area contributed by atoms with E-state index in [0.717, 1.165) is 0 Å². The molecule has 3 aromatic heterocycles. The van der Waals surface area contributed by atoms with Gasteiger partial charge in [0.15, 0.2) is 0 Å². The summed E-state index contributed by atoms with van der Waals surface area (Å²) in [6, 6.07) is 17.2. The zero-order chi connectivity index (χ0) is 16.4. The molecular formula is C18H10N2S5. The number of aromatic nitrogens is 2. The summed E-state index contributed by atoms with van der Waals surface area (Å²) in [5, 5.41) is 5.26. The molecule has 5 aromatic rings. The van der Waals surface area contributed by atoms with E-state index in [9.17, 15) is 0 Å². The van der Waals surface area contributed by atoms with Crippen molar-refractivity contribution in [3.63, 3.8) is 0 Å². The van der Waals surface area contributed by atoms with Gasteiger partial charge in [-0.25, -0.2) is 0 Å². The molecule has 0 aliphatic carbocycles. The standard InChI is InChI=1S/C18H10N2S5/c1-4-8-12-9(5-1)13-15-16(22-24-25-23-18(13)20-12)14-10-6-2-3-7-11(10)19-17(14)21-15/h1-8,19-20H. The second-order valence-electron chi connectivity index (χ2n) is 5.81. The molecule has 1 aliphatic heterocycles. The van der Waals surface area contributed by atoms with Gasteiger partial charge in [-0.15, -0.1) is 11.3 Å². The lowest BCUT2D eigenvalue weighted by molar-refractivity contribution is 1.25. The topological polar surface area (TPSA) is 31.6 Å². The zero-order valence-electron chi connectivity index (χ0n) is 12.7. The molecule has 25 heavy (non-hydrogen) atoms. The van der Waals surface area contributed by atoms with Crippen molar-refractivity contribution >= 4 is 84.6 Å². The quantitative estimate of drug-likeness (QED) is 0.252. The van der Waals surface area contributed by atoms with Gasteiger partial charge in [0.25, 0.3) is 0 Å². The first-order chi connectivity index (χ1) is 12.4. The minimum absolute atomic E-state index is 1.21. The smallest absolute Gasteiger partial charge is 0.103 e. The number of benzene rings is 2. The maximum absolute atomic E-state index is 3.62. The number of rotatable bonds is 0. The van der Waals surface area contributed by atoms with E-state index in [2.05, 4.69) is 58.5 Å². The zero-order valence-corrected chi connectivity index (χ0v) is 16.7. The highest BCUT2D eigenvalue weighted by Crippen LogP contribution is 2.61. The first kappa shape index (κ1) is 15.0. The van der Waals surface area contributed by atoms with Gasteiger partial charge in [0, 0.05) is 37.7 Å². The van der Waals surface area contributed by atoms with Gasteiger partial charge in [0.1, 0.15) is 4.83 Å². The van der Waals surface area contributed by atoms with E-state index in [-0.39, 0.29) is 0 Å². The predicted molar refractivity (Wildman–Crippen MR) is 118 cm³/mol. The van der Waals surface area contributed by atoms with Crippen LogP contribution in [0.2, 0.25) is 0 Å². The Labute approximate surface area is 162 Å². The Balaban J connectivity index is 1.77. The highest BCUT2D eigenvalue weighted by molar-refractivity contribution is 9.26. The summed E-state index contributed by atoms with van der Waals surface area (Å²) < 4.78 is 0. The molecule has 7 heteroatoms. The molecule has 0 atom stereocenters. The van der Waals surface area contributed by atoms with Gasteiger partial charge < -0.3 is 9.97 Å². The molecular weight excluding hydrogens is 405 g/mol. The number of hydrogen-bond acceptors (Lipinski definition) is 5. The number of fused-ring (bicyclic) bond motifs is 9. The van der Waals surface area contributed by atoms with Crippen LogP contribution < -0.4 is 0 Å². The van der Waals surface area contributed by atoms with E-state index in [1.54, 1.807) is 0 Å². The normalized spacial score (nSPS) is 14.6. The average molecular weight is 415 g/mol. The van der Waals surface area contributed by atoms with Crippen LogP contribution in [0.25, 0.3) is 42.5 Å². The van der Waals surface area contributed by atoms with Crippen LogP contribution in [0.15, 0.2) is 58.5 Å². The number of thiophene rings is 1. The molecule has 122 valence electrons. The Morgan fingerprint density at radius 1 is 0.720 bits per heavy atom. The van der Waals surface area contributed by atoms with Crippen molar-refractivity contribution in [2.45, 2.75) is 9.92 Å². The van der Waals surface area contributed by atoms with E-state index < -0.39 is 0 Å². The number of aromatic amines is 2. The Kier molecular flexibility index (Phi) is 3.41. The first-order valence-corrected chi connectivity index (χ1v) is 13.4. The summed E-state index contributed by atoms with van der Waals surface area (Å²) in [5.74, 6) is 0. The molecule has 4 heterocycles. The maximum atomic E-state index is 3.62. The lowest BCUT2D eigenvalue weighted by atomic mass is 10.1. The molecule has 6 rings (SSSR count). The number of hydrogen-bond donors (Lipinski definition) is 2. The average Bonchev–Trinajstić information content (AvgIpc) is 3.25. The van der Waals surface area contributed by atoms with Crippen LogP contribution in [-0.4, -0.2) is 9.97 Å². The minimum Gasteiger partial charge on any atom is -0.348 e. The third kappa shape index (κ3) is 2.16. The van der Waals surface area contributed by atoms with E-state index in [1.165, 1.54) is 52.4 Å². The van der Waals surface area contributed by atoms with Crippen molar-refractivity contribution in [1.82, 2.24) is 9.97 Å². The summed E-state index contributed by atoms with van der Waals surface area (Å²) in [5.41, 5.74) is 3.79. The van der Waals surface area contributed by atoms with Gasteiger partial charge in [-0.3, -0.25) is 0 Å². The Hall–Kier alpha value is -1.12. The minimum atomic E-state index is 1.21. The van der Waals surface area contributed by atoms with Gasteiger partial charge in [0.05, 0.1) is 9.90 Å². The van der Waals surface area contributed by atoms with Crippen molar-refractivity contribution in [3.05, 3.63) is 48.5 Å². The van der Waals surface area contributed by atoms with Gasteiger partial charge in [-0.2, -0.15) is 0 Å². The van der Waals surface area contributed by atoms with Crippen LogP contribution in [0.3, 0.4) is 0 Å². The fraction of sp³-hybridized carbons (Fsp3) is 0. The van der Waals surface area contributed by atoms with Crippen molar-refractivity contribution in [2.75, 3.05) is 0 Å². The second-order valence-corrected chi connectivity index (χ2v) is 12.5. The largest absolute Gasteiger partial charge is 0.348 e.